The van der Waals surface area contributed by atoms with E-state index in [9.17, 15) is 0 Å². The van der Waals surface area contributed by atoms with Crippen molar-refractivity contribution in [3.8, 4) is 0 Å². The van der Waals surface area contributed by atoms with Crippen LogP contribution >= 0.6 is 11.3 Å². The third-order valence-corrected chi connectivity index (χ3v) is 5.04. The second-order valence-corrected chi connectivity index (χ2v) is 7.10. The molecular weight excluding hydrogens is 298 g/mol. The second kappa shape index (κ2) is 6.85. The largest absolute Gasteiger partial charge is 0.424 e. The molecule has 1 aliphatic heterocycles. The molecule has 3 heterocycles. The molecule has 7 heteroatoms. The van der Waals surface area contributed by atoms with Gasteiger partial charge in [0.25, 0.3) is 0 Å². The number of thiazole rings is 1. The summed E-state index contributed by atoms with van der Waals surface area (Å²) in [5, 5.41) is 7.97. The summed E-state index contributed by atoms with van der Waals surface area (Å²) in [5.41, 5.74) is 3.10. The fourth-order valence-corrected chi connectivity index (χ4v) is 3.88. The maximum atomic E-state index is 5.47. The van der Waals surface area contributed by atoms with Crippen LogP contribution in [0.15, 0.2) is 9.93 Å². The molecule has 0 radical (unpaired) electrons. The number of hydrogen-bond acceptors (Lipinski definition) is 7. The van der Waals surface area contributed by atoms with Crippen molar-refractivity contribution < 1.29 is 4.42 Å². The quantitative estimate of drug-likeness (QED) is 0.812. The van der Waals surface area contributed by atoms with Crippen LogP contribution in [0.4, 0.5) is 0 Å². The molecule has 1 aliphatic rings. The van der Waals surface area contributed by atoms with Crippen LogP contribution in [0.1, 0.15) is 28.8 Å². The molecule has 0 unspecified atom stereocenters. The fourth-order valence-electron chi connectivity index (χ4n) is 3.03. The summed E-state index contributed by atoms with van der Waals surface area (Å²) in [4.78, 5) is 10.5. The van der Waals surface area contributed by atoms with E-state index in [0.717, 1.165) is 44.3 Å². The third-order valence-electron chi connectivity index (χ3n) is 4.12. The van der Waals surface area contributed by atoms with Gasteiger partial charge in [-0.3, -0.25) is 4.90 Å². The Morgan fingerprint density at radius 3 is 2.95 bits per heavy atom. The first-order valence-electron chi connectivity index (χ1n) is 7.69. The minimum absolute atomic E-state index is 0.644. The minimum atomic E-state index is 0.644. The molecule has 0 aromatic carbocycles. The van der Waals surface area contributed by atoms with Crippen molar-refractivity contribution in [2.24, 2.45) is 5.92 Å². The molecule has 1 fully saturated rings. The summed E-state index contributed by atoms with van der Waals surface area (Å²) >= 11 is 1.75. The van der Waals surface area contributed by atoms with Gasteiger partial charge in [-0.25, -0.2) is 4.98 Å². The summed E-state index contributed by atoms with van der Waals surface area (Å²) in [7, 11) is 2.20. The van der Waals surface area contributed by atoms with Crippen LogP contribution in [0.25, 0.3) is 0 Å². The maximum absolute atomic E-state index is 5.47. The highest BCUT2D eigenvalue weighted by molar-refractivity contribution is 7.09. The van der Waals surface area contributed by atoms with Gasteiger partial charge in [-0.1, -0.05) is 0 Å². The van der Waals surface area contributed by atoms with Gasteiger partial charge in [0.15, 0.2) is 0 Å². The Bertz CT molecular complexity index is 611. The van der Waals surface area contributed by atoms with E-state index in [0.29, 0.717) is 11.8 Å². The minimum Gasteiger partial charge on any atom is -0.424 e. The van der Waals surface area contributed by atoms with Crippen molar-refractivity contribution in [2.75, 3.05) is 26.7 Å². The molecule has 0 N–H and O–H groups in total. The molecule has 120 valence electrons. The average molecular weight is 321 g/mol. The van der Waals surface area contributed by atoms with Gasteiger partial charge < -0.3 is 9.32 Å². The lowest BCUT2D eigenvalue weighted by Gasteiger charge is -2.20. The number of nitrogens with zero attached hydrogens (tertiary/aromatic N) is 5. The van der Waals surface area contributed by atoms with Crippen molar-refractivity contribution >= 4 is 11.3 Å². The molecule has 2 aromatic rings. The van der Waals surface area contributed by atoms with E-state index in [1.165, 1.54) is 11.3 Å². The number of rotatable bonds is 6. The average Bonchev–Trinajstić information content (AvgIpc) is 3.16. The van der Waals surface area contributed by atoms with Crippen LogP contribution in [0.2, 0.25) is 0 Å². The summed E-state index contributed by atoms with van der Waals surface area (Å²) in [5.74, 6) is 2.08. The Morgan fingerprint density at radius 1 is 1.41 bits per heavy atom. The highest BCUT2D eigenvalue weighted by Crippen LogP contribution is 2.21. The lowest BCUT2D eigenvalue weighted by Crippen LogP contribution is -2.28. The van der Waals surface area contributed by atoms with Gasteiger partial charge in [-0.15, -0.1) is 21.5 Å². The first-order chi connectivity index (χ1) is 10.6. The summed E-state index contributed by atoms with van der Waals surface area (Å²) < 4.78 is 5.47. The Hall–Kier alpha value is -1.31. The van der Waals surface area contributed by atoms with E-state index in [1.807, 2.05) is 12.4 Å². The Kier molecular flexibility index (Phi) is 4.85. The number of likely N-dealkylation sites (tertiary alicyclic amines) is 1. The molecule has 0 spiro atoms. The predicted octanol–water partition coefficient (Wildman–Crippen LogP) is 2.10. The van der Waals surface area contributed by atoms with Crippen LogP contribution in [-0.2, 0) is 13.1 Å². The highest BCUT2D eigenvalue weighted by Gasteiger charge is 2.25. The van der Waals surface area contributed by atoms with Gasteiger partial charge >= 0.3 is 0 Å². The zero-order chi connectivity index (χ0) is 15.5. The van der Waals surface area contributed by atoms with Gasteiger partial charge in [0.2, 0.25) is 11.8 Å². The van der Waals surface area contributed by atoms with Crippen molar-refractivity contribution in [3.63, 3.8) is 0 Å². The van der Waals surface area contributed by atoms with Crippen molar-refractivity contribution in [3.05, 3.63) is 27.9 Å². The molecule has 0 saturated carbocycles. The maximum Gasteiger partial charge on any atom is 0.230 e. The fraction of sp³-hybridized carbons (Fsp3) is 0.667. The van der Waals surface area contributed by atoms with Gasteiger partial charge in [0, 0.05) is 31.4 Å². The third kappa shape index (κ3) is 3.91. The lowest BCUT2D eigenvalue weighted by molar-refractivity contribution is 0.244. The topological polar surface area (TPSA) is 58.3 Å². The SMILES string of the molecule is Cc1nnc(CN2CC[C@@H](CN(C)Cc3scnc3C)C2)o1. The Morgan fingerprint density at radius 2 is 2.27 bits per heavy atom. The van der Waals surface area contributed by atoms with E-state index in [-0.39, 0.29) is 0 Å². The van der Waals surface area contributed by atoms with E-state index in [1.54, 1.807) is 11.3 Å². The first kappa shape index (κ1) is 15.6. The molecule has 3 rings (SSSR count). The molecule has 22 heavy (non-hydrogen) atoms. The zero-order valence-corrected chi connectivity index (χ0v) is 14.3. The standard InChI is InChI=1S/C15H23N5OS/c1-11-14(22-10-16-11)8-19(3)6-13-4-5-20(7-13)9-15-18-17-12(2)21-15/h10,13H,4-9H2,1-3H3/t13-/m0/s1. The zero-order valence-electron chi connectivity index (χ0n) is 13.4. The molecule has 1 atom stereocenters. The molecular formula is C15H23N5OS. The highest BCUT2D eigenvalue weighted by atomic mass is 32.1. The number of aromatic nitrogens is 3. The Balaban J connectivity index is 1.45. The van der Waals surface area contributed by atoms with Crippen LogP contribution in [0.3, 0.4) is 0 Å². The number of aryl methyl sites for hydroxylation is 2. The monoisotopic (exact) mass is 321 g/mol. The van der Waals surface area contributed by atoms with Crippen molar-refractivity contribution in [2.45, 2.75) is 33.4 Å². The van der Waals surface area contributed by atoms with E-state index >= 15 is 0 Å². The summed E-state index contributed by atoms with van der Waals surface area (Å²) in [6.45, 7) is 9.03. The molecule has 2 aromatic heterocycles. The second-order valence-electron chi connectivity index (χ2n) is 6.16. The van der Waals surface area contributed by atoms with Crippen LogP contribution < -0.4 is 0 Å². The molecule has 1 saturated heterocycles. The van der Waals surface area contributed by atoms with Crippen molar-refractivity contribution in [1.82, 2.24) is 25.0 Å². The van der Waals surface area contributed by atoms with Gasteiger partial charge in [-0.05, 0) is 32.9 Å². The van der Waals surface area contributed by atoms with Gasteiger partial charge in [-0.2, -0.15) is 0 Å². The van der Waals surface area contributed by atoms with E-state index in [2.05, 4.69) is 39.0 Å². The smallest absolute Gasteiger partial charge is 0.230 e. The molecule has 0 amide bonds. The first-order valence-corrected chi connectivity index (χ1v) is 8.57. The predicted molar refractivity (Wildman–Crippen MR) is 85.6 cm³/mol. The molecule has 6 nitrogen and oxygen atoms in total. The number of hydrogen-bond donors (Lipinski definition) is 0. The van der Waals surface area contributed by atoms with Crippen LogP contribution in [-0.4, -0.2) is 51.7 Å². The summed E-state index contributed by atoms with van der Waals surface area (Å²) in [6, 6.07) is 0. The van der Waals surface area contributed by atoms with E-state index < -0.39 is 0 Å². The van der Waals surface area contributed by atoms with Gasteiger partial charge in [0.1, 0.15) is 0 Å². The molecule has 0 bridgehead atoms. The van der Waals surface area contributed by atoms with Gasteiger partial charge in [0.05, 0.1) is 17.7 Å². The van der Waals surface area contributed by atoms with E-state index in [4.69, 9.17) is 4.42 Å². The van der Waals surface area contributed by atoms with Crippen molar-refractivity contribution in [1.29, 1.82) is 0 Å². The summed E-state index contributed by atoms with van der Waals surface area (Å²) in [6.07, 6.45) is 1.24. The lowest BCUT2D eigenvalue weighted by atomic mass is 10.1. The molecule has 0 aliphatic carbocycles. The normalized spacial score (nSPS) is 19.4. The van der Waals surface area contributed by atoms with Crippen LogP contribution in [0, 0.1) is 19.8 Å². The van der Waals surface area contributed by atoms with Crippen LogP contribution in [0.5, 0.6) is 0 Å². The Labute approximate surface area is 135 Å².